The van der Waals surface area contributed by atoms with Crippen LogP contribution in [0, 0.1) is 5.92 Å². The van der Waals surface area contributed by atoms with Crippen molar-refractivity contribution >= 4 is 17.8 Å². The van der Waals surface area contributed by atoms with Crippen LogP contribution in [0.4, 0.5) is 19.1 Å². The summed E-state index contributed by atoms with van der Waals surface area (Å²) >= 11 is 0. The standard InChI is InChI=1S/C15H17F3N4O4/c16-15(17,18)8-5-19-14(20-6-8)21-3-1-10(9(7-21)13(25)26)22-4-2-11(23)12(22)24/h5-6,9-11,23H,1-4,7H2,(H,25,26). The van der Waals surface area contributed by atoms with Gasteiger partial charge in [-0.2, -0.15) is 13.2 Å². The quantitative estimate of drug-likeness (QED) is 0.787. The molecule has 2 fully saturated rings. The second-order valence-corrected chi connectivity index (χ2v) is 6.35. The van der Waals surface area contributed by atoms with Crippen molar-refractivity contribution in [3.63, 3.8) is 0 Å². The van der Waals surface area contributed by atoms with Gasteiger partial charge in [-0.15, -0.1) is 0 Å². The largest absolute Gasteiger partial charge is 0.481 e. The maximum absolute atomic E-state index is 12.6. The number of aliphatic hydroxyl groups excluding tert-OH is 1. The number of amides is 1. The van der Waals surface area contributed by atoms with E-state index < -0.39 is 41.7 Å². The minimum absolute atomic E-state index is 0.00971. The monoisotopic (exact) mass is 374 g/mol. The minimum atomic E-state index is -4.55. The van der Waals surface area contributed by atoms with Crippen molar-refractivity contribution in [2.75, 3.05) is 24.5 Å². The first-order valence-electron chi connectivity index (χ1n) is 8.04. The van der Waals surface area contributed by atoms with E-state index in [2.05, 4.69) is 9.97 Å². The van der Waals surface area contributed by atoms with Crippen LogP contribution in [0.25, 0.3) is 0 Å². The Labute approximate surface area is 146 Å². The van der Waals surface area contributed by atoms with E-state index in [4.69, 9.17) is 0 Å². The van der Waals surface area contributed by atoms with E-state index in [-0.39, 0.29) is 25.5 Å². The summed E-state index contributed by atoms with van der Waals surface area (Å²) in [4.78, 5) is 33.9. The van der Waals surface area contributed by atoms with Gasteiger partial charge in [0.05, 0.1) is 11.5 Å². The molecule has 3 rings (SSSR count). The van der Waals surface area contributed by atoms with Crippen LogP contribution in [0.1, 0.15) is 18.4 Å². The molecule has 0 aromatic carbocycles. The van der Waals surface area contributed by atoms with Gasteiger partial charge in [0.1, 0.15) is 6.10 Å². The first-order chi connectivity index (χ1) is 12.2. The molecule has 26 heavy (non-hydrogen) atoms. The average Bonchev–Trinajstić information content (AvgIpc) is 2.93. The summed E-state index contributed by atoms with van der Waals surface area (Å²) < 4.78 is 37.8. The van der Waals surface area contributed by atoms with Crippen molar-refractivity contribution in [2.45, 2.75) is 31.2 Å². The SMILES string of the molecule is O=C(O)C1CN(c2ncc(C(F)(F)F)cn2)CCC1N1CCC(O)C1=O. The van der Waals surface area contributed by atoms with Crippen molar-refractivity contribution in [1.82, 2.24) is 14.9 Å². The number of hydrogen-bond donors (Lipinski definition) is 2. The van der Waals surface area contributed by atoms with E-state index in [1.54, 1.807) is 0 Å². The fourth-order valence-corrected chi connectivity index (χ4v) is 3.38. The number of piperidine rings is 1. The number of carboxylic acid groups (broad SMARTS) is 1. The second kappa shape index (κ2) is 6.71. The van der Waals surface area contributed by atoms with Gasteiger partial charge in [0, 0.05) is 38.1 Å². The summed E-state index contributed by atoms with van der Waals surface area (Å²) in [6.45, 7) is 0.538. The van der Waals surface area contributed by atoms with Gasteiger partial charge in [-0.1, -0.05) is 0 Å². The first kappa shape index (κ1) is 18.4. The molecule has 142 valence electrons. The second-order valence-electron chi connectivity index (χ2n) is 6.35. The number of hydrogen-bond acceptors (Lipinski definition) is 6. The summed E-state index contributed by atoms with van der Waals surface area (Å²) in [6, 6.07) is -0.581. The van der Waals surface area contributed by atoms with Gasteiger partial charge in [0.15, 0.2) is 0 Å². The van der Waals surface area contributed by atoms with Gasteiger partial charge in [-0.3, -0.25) is 9.59 Å². The van der Waals surface area contributed by atoms with Crippen LogP contribution in [0.3, 0.4) is 0 Å². The predicted octanol–water partition coefficient (Wildman–Crippen LogP) is 0.368. The first-order valence-corrected chi connectivity index (χ1v) is 8.04. The summed E-state index contributed by atoms with van der Waals surface area (Å²) in [6.07, 6.45) is -3.80. The zero-order valence-electron chi connectivity index (χ0n) is 13.6. The van der Waals surface area contributed by atoms with Gasteiger partial charge in [-0.25, -0.2) is 9.97 Å². The highest BCUT2D eigenvalue weighted by atomic mass is 19.4. The Morgan fingerprint density at radius 2 is 1.85 bits per heavy atom. The Hall–Kier alpha value is -2.43. The van der Waals surface area contributed by atoms with Crippen LogP contribution in [-0.2, 0) is 15.8 Å². The molecule has 2 N–H and O–H groups in total. The summed E-state index contributed by atoms with van der Waals surface area (Å²) in [5, 5.41) is 19.1. The number of rotatable bonds is 3. The Kier molecular flexibility index (Phi) is 4.74. The van der Waals surface area contributed by atoms with E-state index in [1.807, 2.05) is 0 Å². The number of aliphatic hydroxyl groups is 1. The molecule has 0 bridgehead atoms. The number of carbonyl (C=O) groups excluding carboxylic acids is 1. The molecule has 1 amide bonds. The third-order valence-electron chi connectivity index (χ3n) is 4.75. The lowest BCUT2D eigenvalue weighted by Crippen LogP contribution is -2.55. The smallest absolute Gasteiger partial charge is 0.419 e. The van der Waals surface area contributed by atoms with Crippen molar-refractivity contribution in [2.24, 2.45) is 5.92 Å². The number of carboxylic acids is 1. The number of aliphatic carboxylic acids is 1. The lowest BCUT2D eigenvalue weighted by molar-refractivity contribution is -0.147. The lowest BCUT2D eigenvalue weighted by atomic mass is 9.91. The van der Waals surface area contributed by atoms with Gasteiger partial charge in [0.2, 0.25) is 5.95 Å². The van der Waals surface area contributed by atoms with E-state index >= 15 is 0 Å². The Bertz CT molecular complexity index is 697. The Morgan fingerprint density at radius 3 is 2.35 bits per heavy atom. The molecule has 0 saturated carbocycles. The average molecular weight is 374 g/mol. The molecule has 3 unspecified atom stereocenters. The van der Waals surface area contributed by atoms with E-state index in [9.17, 15) is 33.0 Å². The molecule has 2 aliphatic heterocycles. The van der Waals surface area contributed by atoms with Gasteiger partial charge >= 0.3 is 12.1 Å². The van der Waals surface area contributed by atoms with Crippen LogP contribution >= 0.6 is 0 Å². The molecule has 0 aliphatic carbocycles. The molecular weight excluding hydrogens is 357 g/mol. The maximum atomic E-state index is 12.6. The van der Waals surface area contributed by atoms with Crippen LogP contribution in [0.15, 0.2) is 12.4 Å². The number of aromatic nitrogens is 2. The Balaban J connectivity index is 1.76. The normalized spacial score (nSPS) is 27.1. The topological polar surface area (TPSA) is 107 Å². The van der Waals surface area contributed by atoms with Crippen LogP contribution in [0.5, 0.6) is 0 Å². The summed E-state index contributed by atoms with van der Waals surface area (Å²) in [5.41, 5.74) is -0.984. The molecule has 3 heterocycles. The molecule has 2 saturated heterocycles. The predicted molar refractivity (Wildman–Crippen MR) is 81.1 cm³/mol. The Morgan fingerprint density at radius 1 is 1.19 bits per heavy atom. The van der Waals surface area contributed by atoms with Crippen molar-refractivity contribution in [1.29, 1.82) is 0 Å². The van der Waals surface area contributed by atoms with E-state index in [0.29, 0.717) is 25.4 Å². The lowest BCUT2D eigenvalue weighted by Gasteiger charge is -2.40. The minimum Gasteiger partial charge on any atom is -0.481 e. The highest BCUT2D eigenvalue weighted by Crippen LogP contribution is 2.31. The van der Waals surface area contributed by atoms with Gasteiger partial charge < -0.3 is 20.0 Å². The zero-order valence-corrected chi connectivity index (χ0v) is 13.6. The van der Waals surface area contributed by atoms with Crippen molar-refractivity contribution in [3.05, 3.63) is 18.0 Å². The number of anilines is 1. The molecule has 1 aromatic rings. The molecule has 2 aliphatic rings. The van der Waals surface area contributed by atoms with Gasteiger partial charge in [-0.05, 0) is 12.8 Å². The molecule has 1 aromatic heterocycles. The van der Waals surface area contributed by atoms with Crippen LogP contribution < -0.4 is 4.90 Å². The fourth-order valence-electron chi connectivity index (χ4n) is 3.38. The fraction of sp³-hybridized carbons (Fsp3) is 0.600. The van der Waals surface area contributed by atoms with Gasteiger partial charge in [0.25, 0.3) is 5.91 Å². The number of carbonyl (C=O) groups is 2. The molecule has 0 radical (unpaired) electrons. The summed E-state index contributed by atoms with van der Waals surface area (Å²) in [7, 11) is 0. The number of halogens is 3. The van der Waals surface area contributed by atoms with E-state index in [0.717, 1.165) is 0 Å². The third kappa shape index (κ3) is 3.43. The molecule has 0 spiro atoms. The van der Waals surface area contributed by atoms with Crippen LogP contribution in [-0.4, -0.2) is 68.7 Å². The maximum Gasteiger partial charge on any atom is 0.419 e. The highest BCUT2D eigenvalue weighted by Gasteiger charge is 2.44. The van der Waals surface area contributed by atoms with E-state index in [1.165, 1.54) is 9.80 Å². The number of nitrogens with zero attached hydrogens (tertiary/aromatic N) is 4. The number of alkyl halides is 3. The molecule has 8 nitrogen and oxygen atoms in total. The van der Waals surface area contributed by atoms with Crippen LogP contribution in [0.2, 0.25) is 0 Å². The van der Waals surface area contributed by atoms with Crippen molar-refractivity contribution < 1.29 is 33.0 Å². The van der Waals surface area contributed by atoms with Crippen molar-refractivity contribution in [3.8, 4) is 0 Å². The third-order valence-corrected chi connectivity index (χ3v) is 4.75. The number of likely N-dealkylation sites (tertiary alicyclic amines) is 1. The highest BCUT2D eigenvalue weighted by molar-refractivity contribution is 5.84. The molecule has 3 atom stereocenters. The zero-order chi connectivity index (χ0) is 19.1. The molecule has 11 heteroatoms. The molecular formula is C15H17F3N4O4. The summed E-state index contributed by atoms with van der Waals surface area (Å²) in [5.74, 6) is -2.55.